The summed E-state index contributed by atoms with van der Waals surface area (Å²) in [6, 6.07) is 15.4. The van der Waals surface area contributed by atoms with E-state index in [4.69, 9.17) is 0 Å². The number of nitrogens with one attached hydrogen (secondary N) is 2. The molecular formula is C18H17FN4O. The van der Waals surface area contributed by atoms with Gasteiger partial charge < -0.3 is 10.6 Å². The highest BCUT2D eigenvalue weighted by Crippen LogP contribution is 2.14. The minimum atomic E-state index is -0.396. The molecule has 0 aliphatic carbocycles. The third-order valence-electron chi connectivity index (χ3n) is 3.49. The molecule has 3 aromatic rings. The fourth-order valence-corrected chi connectivity index (χ4v) is 2.38. The van der Waals surface area contributed by atoms with Crippen LogP contribution < -0.4 is 10.6 Å². The summed E-state index contributed by atoms with van der Waals surface area (Å²) in [4.78, 5) is 12.3. The maximum absolute atomic E-state index is 13.8. The van der Waals surface area contributed by atoms with E-state index in [9.17, 15) is 9.18 Å². The molecule has 0 aliphatic rings. The van der Waals surface area contributed by atoms with Gasteiger partial charge in [-0.3, -0.25) is 4.79 Å². The Morgan fingerprint density at radius 1 is 1.17 bits per heavy atom. The van der Waals surface area contributed by atoms with Crippen LogP contribution in [0.25, 0.3) is 5.69 Å². The van der Waals surface area contributed by atoms with Crippen LogP contribution in [-0.2, 0) is 6.54 Å². The first-order valence-corrected chi connectivity index (χ1v) is 7.53. The Labute approximate surface area is 139 Å². The molecule has 2 N–H and O–H groups in total. The van der Waals surface area contributed by atoms with Gasteiger partial charge in [0, 0.05) is 18.4 Å². The maximum atomic E-state index is 13.8. The largest absolute Gasteiger partial charge is 0.321 e. The number of anilines is 1. The van der Waals surface area contributed by atoms with Crippen molar-refractivity contribution >= 4 is 11.6 Å². The van der Waals surface area contributed by atoms with Gasteiger partial charge in [0.25, 0.3) is 5.91 Å². The Morgan fingerprint density at radius 2 is 2.00 bits per heavy atom. The Morgan fingerprint density at radius 3 is 2.79 bits per heavy atom. The van der Waals surface area contributed by atoms with Gasteiger partial charge in [-0.15, -0.1) is 0 Å². The summed E-state index contributed by atoms with van der Waals surface area (Å²) in [5.41, 5.74) is 2.27. The second-order valence-corrected chi connectivity index (χ2v) is 5.28. The van der Waals surface area contributed by atoms with Crippen LogP contribution in [0.5, 0.6) is 0 Å². The molecule has 24 heavy (non-hydrogen) atoms. The molecule has 5 nitrogen and oxygen atoms in total. The normalized spacial score (nSPS) is 10.6. The fraction of sp³-hybridized carbons (Fsp3) is 0.111. The van der Waals surface area contributed by atoms with Crippen molar-refractivity contribution in [2.75, 3.05) is 12.4 Å². The van der Waals surface area contributed by atoms with Gasteiger partial charge in [0.1, 0.15) is 11.5 Å². The smallest absolute Gasteiger partial charge is 0.276 e. The Balaban J connectivity index is 1.77. The number of benzene rings is 2. The minimum absolute atomic E-state index is 0.220. The van der Waals surface area contributed by atoms with Crippen LogP contribution in [0.2, 0.25) is 0 Å². The number of para-hydroxylation sites is 1. The van der Waals surface area contributed by atoms with Gasteiger partial charge in [-0.2, -0.15) is 5.10 Å². The number of hydrogen-bond donors (Lipinski definition) is 2. The van der Waals surface area contributed by atoms with E-state index < -0.39 is 5.82 Å². The summed E-state index contributed by atoms with van der Waals surface area (Å²) in [7, 11) is 1.86. The van der Waals surface area contributed by atoms with Crippen molar-refractivity contribution in [2.24, 2.45) is 0 Å². The molecule has 3 rings (SSSR count). The average molecular weight is 324 g/mol. The summed E-state index contributed by atoms with van der Waals surface area (Å²) in [5, 5.41) is 10.0. The number of halogens is 1. The quantitative estimate of drug-likeness (QED) is 0.758. The SMILES string of the molecule is CNCc1cccc(NC(=O)c2ccn(-c3ccccc3F)n2)c1. The molecule has 0 bridgehead atoms. The predicted molar refractivity (Wildman–Crippen MR) is 90.7 cm³/mol. The Hall–Kier alpha value is -2.99. The van der Waals surface area contributed by atoms with Gasteiger partial charge in [-0.1, -0.05) is 24.3 Å². The van der Waals surface area contributed by atoms with Crippen molar-refractivity contribution < 1.29 is 9.18 Å². The number of carbonyl (C=O) groups is 1. The van der Waals surface area contributed by atoms with Crippen LogP contribution in [0.15, 0.2) is 60.8 Å². The van der Waals surface area contributed by atoms with Gasteiger partial charge in [-0.25, -0.2) is 9.07 Å². The van der Waals surface area contributed by atoms with E-state index >= 15 is 0 Å². The zero-order valence-corrected chi connectivity index (χ0v) is 13.2. The second-order valence-electron chi connectivity index (χ2n) is 5.28. The van der Waals surface area contributed by atoms with E-state index in [-0.39, 0.29) is 11.6 Å². The summed E-state index contributed by atoms with van der Waals surface area (Å²) >= 11 is 0. The zero-order chi connectivity index (χ0) is 16.9. The lowest BCUT2D eigenvalue weighted by molar-refractivity contribution is 0.102. The number of nitrogens with zero attached hydrogens (tertiary/aromatic N) is 2. The highest BCUT2D eigenvalue weighted by atomic mass is 19.1. The van der Waals surface area contributed by atoms with E-state index in [1.54, 1.807) is 30.5 Å². The Kier molecular flexibility index (Phi) is 4.67. The van der Waals surface area contributed by atoms with E-state index in [0.29, 0.717) is 17.9 Å². The fourth-order valence-electron chi connectivity index (χ4n) is 2.38. The molecule has 0 spiro atoms. The van der Waals surface area contributed by atoms with Crippen molar-refractivity contribution in [3.63, 3.8) is 0 Å². The first-order chi connectivity index (χ1) is 11.7. The predicted octanol–water partition coefficient (Wildman–Crippen LogP) is 2.98. The van der Waals surface area contributed by atoms with Crippen molar-refractivity contribution in [3.8, 4) is 5.69 Å². The lowest BCUT2D eigenvalue weighted by atomic mass is 10.2. The standard InChI is InChI=1S/C18H17FN4O/c1-20-12-13-5-4-6-14(11-13)21-18(24)16-9-10-23(22-16)17-8-3-2-7-15(17)19/h2-11,20H,12H2,1H3,(H,21,24). The van der Waals surface area contributed by atoms with Crippen molar-refractivity contribution in [1.29, 1.82) is 0 Å². The minimum Gasteiger partial charge on any atom is -0.321 e. The van der Waals surface area contributed by atoms with Gasteiger partial charge >= 0.3 is 0 Å². The van der Waals surface area contributed by atoms with Crippen molar-refractivity contribution in [2.45, 2.75) is 6.54 Å². The molecule has 2 aromatic carbocycles. The highest BCUT2D eigenvalue weighted by molar-refractivity contribution is 6.02. The van der Waals surface area contributed by atoms with Crippen LogP contribution in [0.1, 0.15) is 16.1 Å². The summed E-state index contributed by atoms with van der Waals surface area (Å²) in [6.07, 6.45) is 1.56. The molecule has 0 atom stereocenters. The van der Waals surface area contributed by atoms with Crippen LogP contribution >= 0.6 is 0 Å². The average Bonchev–Trinajstić information content (AvgIpc) is 3.06. The maximum Gasteiger partial charge on any atom is 0.276 e. The molecule has 0 radical (unpaired) electrons. The number of carbonyl (C=O) groups excluding carboxylic acids is 1. The van der Waals surface area contributed by atoms with Gasteiger partial charge in [-0.05, 0) is 42.9 Å². The first-order valence-electron chi connectivity index (χ1n) is 7.53. The summed E-state index contributed by atoms with van der Waals surface area (Å²) < 4.78 is 15.1. The molecule has 122 valence electrons. The molecule has 1 heterocycles. The van der Waals surface area contributed by atoms with Crippen molar-refractivity contribution in [1.82, 2.24) is 15.1 Å². The molecule has 0 aliphatic heterocycles. The van der Waals surface area contributed by atoms with E-state index in [0.717, 1.165) is 5.56 Å². The molecule has 0 fully saturated rings. The summed E-state index contributed by atoms with van der Waals surface area (Å²) in [6.45, 7) is 0.714. The number of amides is 1. The van der Waals surface area contributed by atoms with E-state index in [1.807, 2.05) is 31.3 Å². The summed E-state index contributed by atoms with van der Waals surface area (Å²) in [5.74, 6) is -0.737. The van der Waals surface area contributed by atoms with E-state index in [2.05, 4.69) is 15.7 Å². The number of hydrogen-bond acceptors (Lipinski definition) is 3. The first kappa shape index (κ1) is 15.9. The molecule has 1 amide bonds. The van der Waals surface area contributed by atoms with Gasteiger partial charge in [0.2, 0.25) is 0 Å². The van der Waals surface area contributed by atoms with Gasteiger partial charge in [0.05, 0.1) is 0 Å². The lowest BCUT2D eigenvalue weighted by Gasteiger charge is -2.06. The van der Waals surface area contributed by atoms with Crippen LogP contribution in [-0.4, -0.2) is 22.7 Å². The molecule has 0 unspecified atom stereocenters. The van der Waals surface area contributed by atoms with Crippen LogP contribution in [0.3, 0.4) is 0 Å². The van der Waals surface area contributed by atoms with Crippen LogP contribution in [0.4, 0.5) is 10.1 Å². The third-order valence-corrected chi connectivity index (χ3v) is 3.49. The monoisotopic (exact) mass is 324 g/mol. The highest BCUT2D eigenvalue weighted by Gasteiger charge is 2.12. The van der Waals surface area contributed by atoms with Crippen LogP contribution in [0, 0.1) is 5.82 Å². The number of rotatable bonds is 5. The number of aromatic nitrogens is 2. The molecule has 1 aromatic heterocycles. The molecular weight excluding hydrogens is 307 g/mol. The lowest BCUT2D eigenvalue weighted by Crippen LogP contribution is -2.14. The third kappa shape index (κ3) is 3.49. The van der Waals surface area contributed by atoms with E-state index in [1.165, 1.54) is 10.7 Å². The second kappa shape index (κ2) is 7.06. The van der Waals surface area contributed by atoms with Crippen molar-refractivity contribution in [3.05, 3.63) is 77.9 Å². The molecule has 0 saturated carbocycles. The Bertz CT molecular complexity index is 859. The topological polar surface area (TPSA) is 58.9 Å². The zero-order valence-electron chi connectivity index (χ0n) is 13.2. The van der Waals surface area contributed by atoms with Gasteiger partial charge in [0.15, 0.2) is 5.69 Å². The molecule has 6 heteroatoms. The molecule has 0 saturated heterocycles.